The first kappa shape index (κ1) is 19.7. The van der Waals surface area contributed by atoms with Crippen LogP contribution in [-0.4, -0.2) is 21.0 Å². The van der Waals surface area contributed by atoms with Crippen molar-refractivity contribution in [2.45, 2.75) is 13.5 Å². The zero-order chi connectivity index (χ0) is 20.4. The Morgan fingerprint density at radius 2 is 2.00 bits per heavy atom. The van der Waals surface area contributed by atoms with Gasteiger partial charge < -0.3 is 14.8 Å². The van der Waals surface area contributed by atoms with Crippen molar-refractivity contribution >= 4 is 21.9 Å². The van der Waals surface area contributed by atoms with E-state index in [0.29, 0.717) is 11.1 Å². The van der Waals surface area contributed by atoms with Gasteiger partial charge in [-0.3, -0.25) is 4.79 Å². The molecule has 2 aromatic carbocycles. The van der Waals surface area contributed by atoms with Crippen LogP contribution in [-0.2, 0) is 6.61 Å². The normalized spacial score (nSPS) is 10.7. The summed E-state index contributed by atoms with van der Waals surface area (Å²) < 4.78 is 32.2. The molecular weight excluding hydrogens is 438 g/mol. The van der Waals surface area contributed by atoms with Crippen LogP contribution in [0, 0.1) is 18.6 Å². The molecular formula is C19H13BrF2N2O4. The molecule has 6 nitrogen and oxygen atoms in total. The van der Waals surface area contributed by atoms with E-state index in [1.807, 2.05) is 0 Å². The molecule has 0 fully saturated rings. The molecule has 0 aliphatic heterocycles. The molecule has 144 valence electrons. The molecule has 0 amide bonds. The molecule has 3 rings (SSSR count). The third kappa shape index (κ3) is 4.09. The standard InChI is InChI=1S/C19H13BrF2N2O4/c1-9-2-3-10(19(26)27)6-13(9)16-23-17(25)15(20)18(24-16)28-8-11-4-5-12(21)7-14(11)22/h2-7H,8H2,1H3,(H,26,27)(H,23,24,25). The second-order valence-corrected chi connectivity index (χ2v) is 6.69. The number of carbonyl (C=O) groups is 1. The molecule has 2 N–H and O–H groups in total. The summed E-state index contributed by atoms with van der Waals surface area (Å²) in [5, 5.41) is 9.17. The van der Waals surface area contributed by atoms with Crippen molar-refractivity contribution in [3.05, 3.63) is 79.5 Å². The zero-order valence-corrected chi connectivity index (χ0v) is 16.0. The predicted molar refractivity (Wildman–Crippen MR) is 100 cm³/mol. The number of H-pyrrole nitrogens is 1. The molecule has 0 aliphatic rings. The van der Waals surface area contributed by atoms with Gasteiger partial charge in [-0.25, -0.2) is 13.6 Å². The molecule has 0 saturated carbocycles. The van der Waals surface area contributed by atoms with Crippen molar-refractivity contribution in [2.24, 2.45) is 0 Å². The van der Waals surface area contributed by atoms with Crippen LogP contribution >= 0.6 is 15.9 Å². The van der Waals surface area contributed by atoms with Crippen LogP contribution in [0.15, 0.2) is 45.7 Å². The van der Waals surface area contributed by atoms with Crippen molar-refractivity contribution < 1.29 is 23.4 Å². The summed E-state index contributed by atoms with van der Waals surface area (Å²) in [4.78, 5) is 30.2. The Balaban J connectivity index is 1.98. The number of aromatic carboxylic acids is 1. The average molecular weight is 451 g/mol. The first-order valence-corrected chi connectivity index (χ1v) is 8.76. The number of carboxylic acids is 1. The van der Waals surface area contributed by atoms with E-state index < -0.39 is 23.2 Å². The fourth-order valence-corrected chi connectivity index (χ4v) is 2.76. The van der Waals surface area contributed by atoms with Gasteiger partial charge in [0.15, 0.2) is 0 Å². The molecule has 1 heterocycles. The molecule has 0 unspecified atom stereocenters. The Morgan fingerprint density at radius 1 is 1.25 bits per heavy atom. The average Bonchev–Trinajstić information content (AvgIpc) is 2.64. The van der Waals surface area contributed by atoms with E-state index in [1.54, 1.807) is 13.0 Å². The molecule has 0 aliphatic carbocycles. The van der Waals surface area contributed by atoms with Gasteiger partial charge in [0.05, 0.1) is 5.56 Å². The van der Waals surface area contributed by atoms with Crippen LogP contribution in [0.5, 0.6) is 5.88 Å². The summed E-state index contributed by atoms with van der Waals surface area (Å²) in [5.74, 6) is -2.63. The molecule has 0 radical (unpaired) electrons. The number of carboxylic acid groups (broad SMARTS) is 1. The smallest absolute Gasteiger partial charge is 0.335 e. The predicted octanol–water partition coefficient (Wildman–Crippen LogP) is 4.06. The van der Waals surface area contributed by atoms with E-state index >= 15 is 0 Å². The fourth-order valence-electron chi connectivity index (χ4n) is 2.46. The van der Waals surface area contributed by atoms with Gasteiger partial charge in [0.1, 0.15) is 28.5 Å². The number of hydrogen-bond acceptors (Lipinski definition) is 4. The highest BCUT2D eigenvalue weighted by atomic mass is 79.9. The second-order valence-electron chi connectivity index (χ2n) is 5.89. The Morgan fingerprint density at radius 3 is 2.68 bits per heavy atom. The Bertz CT molecular complexity index is 1130. The lowest BCUT2D eigenvalue weighted by atomic mass is 10.0. The van der Waals surface area contributed by atoms with Crippen LogP contribution in [0.1, 0.15) is 21.5 Å². The molecule has 0 bridgehead atoms. The lowest BCUT2D eigenvalue weighted by Gasteiger charge is -2.11. The van der Waals surface area contributed by atoms with Crippen LogP contribution in [0.4, 0.5) is 8.78 Å². The summed E-state index contributed by atoms with van der Waals surface area (Å²) in [6.07, 6.45) is 0. The van der Waals surface area contributed by atoms with Gasteiger partial charge in [-0.2, -0.15) is 4.98 Å². The van der Waals surface area contributed by atoms with Gasteiger partial charge in [0.25, 0.3) is 5.56 Å². The van der Waals surface area contributed by atoms with Crippen molar-refractivity contribution in [2.75, 3.05) is 0 Å². The summed E-state index contributed by atoms with van der Waals surface area (Å²) in [6, 6.07) is 7.46. The number of nitrogens with zero attached hydrogens (tertiary/aromatic N) is 1. The quantitative estimate of drug-likeness (QED) is 0.611. The van der Waals surface area contributed by atoms with Crippen LogP contribution < -0.4 is 10.3 Å². The summed E-state index contributed by atoms with van der Waals surface area (Å²) in [5.41, 5.74) is 0.649. The zero-order valence-electron chi connectivity index (χ0n) is 14.4. The molecule has 0 atom stereocenters. The summed E-state index contributed by atoms with van der Waals surface area (Å²) in [6.45, 7) is 1.45. The van der Waals surface area contributed by atoms with Gasteiger partial charge in [-0.05, 0) is 52.7 Å². The lowest BCUT2D eigenvalue weighted by Crippen LogP contribution is -2.13. The number of rotatable bonds is 5. The SMILES string of the molecule is Cc1ccc(C(=O)O)cc1-c1nc(OCc2ccc(F)cc2F)c(Br)c(=O)[nH]1. The number of aromatic amines is 1. The van der Waals surface area contributed by atoms with E-state index in [4.69, 9.17) is 9.84 Å². The number of nitrogens with one attached hydrogen (secondary N) is 1. The summed E-state index contributed by atoms with van der Waals surface area (Å²) in [7, 11) is 0. The van der Waals surface area contributed by atoms with Gasteiger partial charge in [-0.1, -0.05) is 6.07 Å². The highest BCUT2D eigenvalue weighted by Crippen LogP contribution is 2.26. The minimum atomic E-state index is -1.12. The minimum Gasteiger partial charge on any atom is -0.478 e. The summed E-state index contributed by atoms with van der Waals surface area (Å²) >= 11 is 3.07. The minimum absolute atomic E-state index is 0.00851. The highest BCUT2D eigenvalue weighted by Gasteiger charge is 2.16. The third-order valence-corrected chi connectivity index (χ3v) is 4.65. The third-order valence-electron chi connectivity index (χ3n) is 3.95. The Labute approximate surface area is 166 Å². The van der Waals surface area contributed by atoms with Gasteiger partial charge >= 0.3 is 5.97 Å². The van der Waals surface area contributed by atoms with E-state index in [0.717, 1.165) is 12.1 Å². The van der Waals surface area contributed by atoms with E-state index in [9.17, 15) is 18.4 Å². The van der Waals surface area contributed by atoms with Crippen molar-refractivity contribution in [1.29, 1.82) is 0 Å². The number of aromatic nitrogens is 2. The van der Waals surface area contributed by atoms with E-state index in [2.05, 4.69) is 25.9 Å². The fraction of sp³-hybridized carbons (Fsp3) is 0.105. The molecule has 1 aromatic heterocycles. The molecule has 28 heavy (non-hydrogen) atoms. The van der Waals surface area contributed by atoms with Crippen LogP contribution in [0.2, 0.25) is 0 Å². The molecule has 3 aromatic rings. The second kappa shape index (κ2) is 7.89. The van der Waals surface area contributed by atoms with Gasteiger partial charge in [0.2, 0.25) is 5.88 Å². The maximum absolute atomic E-state index is 13.8. The monoisotopic (exact) mass is 450 g/mol. The van der Waals surface area contributed by atoms with Crippen molar-refractivity contribution in [3.63, 3.8) is 0 Å². The number of aryl methyl sites for hydroxylation is 1. The maximum atomic E-state index is 13.8. The number of ether oxygens (including phenoxy) is 1. The molecule has 9 heteroatoms. The largest absolute Gasteiger partial charge is 0.478 e. The van der Waals surface area contributed by atoms with Crippen LogP contribution in [0.25, 0.3) is 11.4 Å². The highest BCUT2D eigenvalue weighted by molar-refractivity contribution is 9.10. The lowest BCUT2D eigenvalue weighted by molar-refractivity contribution is 0.0697. The number of halogens is 3. The first-order valence-electron chi connectivity index (χ1n) is 7.97. The van der Waals surface area contributed by atoms with Gasteiger partial charge in [-0.15, -0.1) is 0 Å². The molecule has 0 spiro atoms. The van der Waals surface area contributed by atoms with Crippen LogP contribution in [0.3, 0.4) is 0 Å². The Kier molecular flexibility index (Phi) is 5.55. The number of hydrogen-bond donors (Lipinski definition) is 2. The van der Waals surface area contributed by atoms with E-state index in [-0.39, 0.29) is 33.9 Å². The van der Waals surface area contributed by atoms with Crippen molar-refractivity contribution in [1.82, 2.24) is 9.97 Å². The first-order chi connectivity index (χ1) is 13.3. The maximum Gasteiger partial charge on any atom is 0.335 e. The number of benzene rings is 2. The van der Waals surface area contributed by atoms with Gasteiger partial charge in [0, 0.05) is 17.2 Å². The Hall–Kier alpha value is -3.07. The van der Waals surface area contributed by atoms with Crippen molar-refractivity contribution in [3.8, 4) is 17.3 Å². The van der Waals surface area contributed by atoms with E-state index in [1.165, 1.54) is 18.2 Å². The molecule has 0 saturated heterocycles. The topological polar surface area (TPSA) is 92.3 Å².